The van der Waals surface area contributed by atoms with Crippen LogP contribution in [0.15, 0.2) is 48.8 Å². The molecule has 2 atom stereocenters. The first-order chi connectivity index (χ1) is 14.4. The Hall–Kier alpha value is -2.28. The number of benzene rings is 1. The summed E-state index contributed by atoms with van der Waals surface area (Å²) in [6.07, 6.45) is 6.56. The molecule has 1 spiro atoms. The van der Waals surface area contributed by atoms with Gasteiger partial charge in [0.2, 0.25) is 5.91 Å². The van der Waals surface area contributed by atoms with Crippen molar-refractivity contribution in [1.29, 1.82) is 0 Å². The monoisotopic (exact) mass is 430 g/mol. The first-order valence-electron chi connectivity index (χ1n) is 10.5. The lowest BCUT2D eigenvalue weighted by molar-refractivity contribution is -0.132. The summed E-state index contributed by atoms with van der Waals surface area (Å²) < 4.78 is 40.3. The van der Waals surface area contributed by atoms with E-state index in [0.717, 1.165) is 18.4 Å². The smallest absolute Gasteiger partial charge is 0.224 e. The van der Waals surface area contributed by atoms with Gasteiger partial charge in [-0.05, 0) is 48.4 Å². The van der Waals surface area contributed by atoms with Crippen molar-refractivity contribution >= 4 is 15.7 Å². The van der Waals surface area contributed by atoms with E-state index in [1.165, 1.54) is 6.07 Å². The third kappa shape index (κ3) is 4.00. The predicted octanol–water partition coefficient (Wildman–Crippen LogP) is 3.54. The fourth-order valence-electron chi connectivity index (χ4n) is 5.06. The van der Waals surface area contributed by atoms with E-state index in [2.05, 4.69) is 4.98 Å². The zero-order chi connectivity index (χ0) is 21.2. The molecule has 2 unspecified atom stereocenters. The SMILES string of the molecule is O=C1CC2(CCCCC2Cc2ccccc2F)S(=O)(=O)CCN1Cc1cccnc1. The molecule has 5 nitrogen and oxygen atoms in total. The number of hydrogen-bond acceptors (Lipinski definition) is 4. The third-order valence-corrected chi connectivity index (χ3v) is 9.36. The van der Waals surface area contributed by atoms with Gasteiger partial charge in [0.05, 0.1) is 10.5 Å². The Morgan fingerprint density at radius 3 is 2.77 bits per heavy atom. The van der Waals surface area contributed by atoms with E-state index in [-0.39, 0.29) is 36.4 Å². The van der Waals surface area contributed by atoms with E-state index in [0.29, 0.717) is 31.4 Å². The Labute approximate surface area is 177 Å². The fraction of sp³-hybridized carbons (Fsp3) is 0.478. The summed E-state index contributed by atoms with van der Waals surface area (Å²) in [6.45, 7) is 0.542. The van der Waals surface area contributed by atoms with Gasteiger partial charge in [0, 0.05) is 31.9 Å². The minimum atomic E-state index is -3.52. The second-order valence-corrected chi connectivity index (χ2v) is 10.9. The molecule has 2 aliphatic rings. The van der Waals surface area contributed by atoms with Crippen LogP contribution in [-0.2, 0) is 27.6 Å². The average molecular weight is 431 g/mol. The third-order valence-electron chi connectivity index (χ3n) is 6.72. The Morgan fingerprint density at radius 2 is 2.00 bits per heavy atom. The molecule has 2 heterocycles. The number of halogens is 1. The molecule has 2 fully saturated rings. The van der Waals surface area contributed by atoms with Gasteiger partial charge in [-0.15, -0.1) is 0 Å². The molecule has 1 amide bonds. The van der Waals surface area contributed by atoms with Crippen LogP contribution in [0.5, 0.6) is 0 Å². The maximum atomic E-state index is 14.3. The number of rotatable bonds is 4. The summed E-state index contributed by atoms with van der Waals surface area (Å²) in [6, 6.07) is 10.2. The van der Waals surface area contributed by atoms with E-state index in [9.17, 15) is 17.6 Å². The van der Waals surface area contributed by atoms with Crippen molar-refractivity contribution in [2.75, 3.05) is 12.3 Å². The molecule has 1 aliphatic heterocycles. The average Bonchev–Trinajstić information content (AvgIpc) is 2.82. The second-order valence-electron chi connectivity index (χ2n) is 8.48. The fourth-order valence-corrected chi connectivity index (χ4v) is 7.43. The number of amides is 1. The molecular formula is C23H27FN2O3S. The molecule has 0 bridgehead atoms. The summed E-state index contributed by atoms with van der Waals surface area (Å²) in [7, 11) is -3.52. The highest BCUT2D eigenvalue weighted by atomic mass is 32.2. The molecule has 1 saturated carbocycles. The lowest BCUT2D eigenvalue weighted by atomic mass is 9.73. The molecule has 2 aromatic rings. The highest BCUT2D eigenvalue weighted by molar-refractivity contribution is 7.92. The predicted molar refractivity (Wildman–Crippen MR) is 113 cm³/mol. The number of pyridine rings is 1. The van der Waals surface area contributed by atoms with Gasteiger partial charge >= 0.3 is 0 Å². The van der Waals surface area contributed by atoms with Crippen LogP contribution >= 0.6 is 0 Å². The van der Waals surface area contributed by atoms with E-state index in [4.69, 9.17) is 0 Å². The first kappa shape index (κ1) is 21.0. The van der Waals surface area contributed by atoms with Crippen molar-refractivity contribution in [1.82, 2.24) is 9.88 Å². The summed E-state index contributed by atoms with van der Waals surface area (Å²) in [4.78, 5) is 18.9. The zero-order valence-electron chi connectivity index (χ0n) is 17.0. The van der Waals surface area contributed by atoms with E-state index >= 15 is 0 Å². The standard InChI is InChI=1S/C23H27FN2O3S/c24-21-9-2-1-7-19(21)14-20-8-3-4-10-23(20)15-22(27)26(12-13-30(23,28)29)17-18-6-5-11-25-16-18/h1-2,5-7,9,11,16,20H,3-4,8,10,12-15,17H2. The van der Waals surface area contributed by atoms with Gasteiger partial charge in [0.25, 0.3) is 0 Å². The van der Waals surface area contributed by atoms with Gasteiger partial charge in [-0.25, -0.2) is 12.8 Å². The number of sulfone groups is 1. The van der Waals surface area contributed by atoms with Crippen LogP contribution in [-0.4, -0.2) is 41.3 Å². The largest absolute Gasteiger partial charge is 0.337 e. The minimum absolute atomic E-state index is 0.0191. The Morgan fingerprint density at radius 1 is 1.17 bits per heavy atom. The van der Waals surface area contributed by atoms with Crippen LogP contribution in [0.4, 0.5) is 4.39 Å². The van der Waals surface area contributed by atoms with Crippen molar-refractivity contribution in [3.8, 4) is 0 Å². The summed E-state index contributed by atoms with van der Waals surface area (Å²) in [5, 5.41) is 0. The second kappa shape index (κ2) is 8.46. The lowest BCUT2D eigenvalue weighted by Crippen LogP contribution is -2.50. The molecule has 1 aromatic heterocycles. The van der Waals surface area contributed by atoms with Crippen LogP contribution in [0.25, 0.3) is 0 Å². The van der Waals surface area contributed by atoms with Crippen LogP contribution < -0.4 is 0 Å². The zero-order valence-corrected chi connectivity index (χ0v) is 17.8. The molecule has 1 aliphatic carbocycles. The Kier molecular flexibility index (Phi) is 5.91. The van der Waals surface area contributed by atoms with Crippen molar-refractivity contribution in [3.05, 3.63) is 65.7 Å². The van der Waals surface area contributed by atoms with Crippen LogP contribution in [0.3, 0.4) is 0 Å². The molecule has 160 valence electrons. The van der Waals surface area contributed by atoms with E-state index in [1.807, 2.05) is 6.07 Å². The number of hydrogen-bond donors (Lipinski definition) is 0. The van der Waals surface area contributed by atoms with E-state index < -0.39 is 14.6 Å². The number of carbonyl (C=O) groups is 1. The number of nitrogens with zero attached hydrogens (tertiary/aromatic N) is 2. The summed E-state index contributed by atoms with van der Waals surface area (Å²) >= 11 is 0. The molecule has 30 heavy (non-hydrogen) atoms. The molecule has 1 saturated heterocycles. The first-order valence-corrected chi connectivity index (χ1v) is 12.2. The molecule has 0 N–H and O–H groups in total. The summed E-state index contributed by atoms with van der Waals surface area (Å²) in [5.41, 5.74) is 1.41. The van der Waals surface area contributed by atoms with Gasteiger partial charge in [0.15, 0.2) is 9.84 Å². The van der Waals surface area contributed by atoms with E-state index in [1.54, 1.807) is 41.6 Å². The van der Waals surface area contributed by atoms with Crippen molar-refractivity contribution in [2.45, 2.75) is 49.8 Å². The quantitative estimate of drug-likeness (QED) is 0.744. The molecule has 4 rings (SSSR count). The topological polar surface area (TPSA) is 67.3 Å². The van der Waals surface area contributed by atoms with Crippen molar-refractivity contribution in [2.24, 2.45) is 5.92 Å². The van der Waals surface area contributed by atoms with Gasteiger partial charge < -0.3 is 4.90 Å². The molecule has 7 heteroatoms. The highest BCUT2D eigenvalue weighted by Crippen LogP contribution is 2.46. The molecule has 0 radical (unpaired) electrons. The van der Waals surface area contributed by atoms with Crippen LogP contribution in [0.1, 0.15) is 43.2 Å². The lowest BCUT2D eigenvalue weighted by Gasteiger charge is -2.42. The molecule has 1 aromatic carbocycles. The minimum Gasteiger partial charge on any atom is -0.337 e. The van der Waals surface area contributed by atoms with Gasteiger partial charge in [-0.3, -0.25) is 9.78 Å². The number of aromatic nitrogens is 1. The van der Waals surface area contributed by atoms with Gasteiger partial charge in [0.1, 0.15) is 5.82 Å². The summed E-state index contributed by atoms with van der Waals surface area (Å²) in [5.74, 6) is -0.753. The van der Waals surface area contributed by atoms with Gasteiger partial charge in [-0.2, -0.15) is 0 Å². The Balaban J connectivity index is 1.64. The van der Waals surface area contributed by atoms with Crippen molar-refractivity contribution < 1.29 is 17.6 Å². The maximum absolute atomic E-state index is 14.3. The number of carbonyl (C=O) groups excluding carboxylic acids is 1. The van der Waals surface area contributed by atoms with Crippen LogP contribution in [0.2, 0.25) is 0 Å². The van der Waals surface area contributed by atoms with Crippen molar-refractivity contribution in [3.63, 3.8) is 0 Å². The van der Waals surface area contributed by atoms with Gasteiger partial charge in [-0.1, -0.05) is 37.1 Å². The maximum Gasteiger partial charge on any atom is 0.224 e. The normalized spacial score (nSPS) is 26.5. The van der Waals surface area contributed by atoms with Crippen LogP contribution in [0, 0.1) is 11.7 Å². The molecular weight excluding hydrogens is 403 g/mol. The Bertz CT molecular complexity index is 1010. The highest BCUT2D eigenvalue weighted by Gasteiger charge is 2.53.